The second-order valence-electron chi connectivity index (χ2n) is 2.78. The lowest BCUT2D eigenvalue weighted by Crippen LogP contribution is -2.47. The Kier molecular flexibility index (Phi) is 2.76. The highest BCUT2D eigenvalue weighted by molar-refractivity contribution is 6.28. The van der Waals surface area contributed by atoms with Crippen molar-refractivity contribution in [3.8, 4) is 0 Å². The number of nitrogens with zero attached hydrogens (tertiary/aromatic N) is 2. The molecule has 0 bridgehead atoms. The summed E-state index contributed by atoms with van der Waals surface area (Å²) in [7, 11) is 0. The third kappa shape index (κ3) is 1.91. The van der Waals surface area contributed by atoms with Gasteiger partial charge in [0.1, 0.15) is 12.1 Å². The molecule has 0 spiro atoms. The molecule has 1 amide bonds. The molecule has 1 heterocycles. The summed E-state index contributed by atoms with van der Waals surface area (Å²) in [6.45, 7) is 0.324. The van der Waals surface area contributed by atoms with Gasteiger partial charge in [-0.25, -0.2) is 0 Å². The predicted molar refractivity (Wildman–Crippen MR) is 39.2 cm³/mol. The van der Waals surface area contributed by atoms with Gasteiger partial charge in [-0.2, -0.15) is 0 Å². The van der Waals surface area contributed by atoms with Crippen LogP contribution >= 0.6 is 0 Å². The van der Waals surface area contributed by atoms with E-state index in [1.807, 2.05) is 0 Å². The van der Waals surface area contributed by atoms with E-state index in [0.717, 1.165) is 11.1 Å². The maximum Gasteiger partial charge on any atom is 0.374 e. The number of carbonyl (C=O) groups is 2. The molecule has 70 valence electrons. The third-order valence-corrected chi connectivity index (χ3v) is 2.01. The van der Waals surface area contributed by atoms with Crippen LogP contribution in [-0.4, -0.2) is 40.4 Å². The standard InChI is InChI=1S/C7H9N3O3/c8-9-4-6(11)5-2-1-3-10(5)7(12)13/h4-5,8H,1-3H2/t5-/m0/s1. The van der Waals surface area contributed by atoms with Gasteiger partial charge in [0.2, 0.25) is 0 Å². The van der Waals surface area contributed by atoms with Gasteiger partial charge in [0, 0.05) is 6.54 Å². The van der Waals surface area contributed by atoms with Crippen LogP contribution in [0.2, 0.25) is 0 Å². The van der Waals surface area contributed by atoms with Crippen LogP contribution in [0.1, 0.15) is 12.8 Å². The van der Waals surface area contributed by atoms with E-state index in [2.05, 4.69) is 4.79 Å². The summed E-state index contributed by atoms with van der Waals surface area (Å²) >= 11 is 0. The number of ketones is 1. The molecule has 0 unspecified atom stereocenters. The second kappa shape index (κ2) is 3.82. The van der Waals surface area contributed by atoms with Gasteiger partial charge in [-0.15, -0.1) is 0 Å². The number of rotatable bonds is 2. The molecule has 0 aromatic rings. The summed E-state index contributed by atoms with van der Waals surface area (Å²) in [5.74, 6) is -0.447. The molecule has 1 atom stereocenters. The molecule has 1 aliphatic rings. The van der Waals surface area contributed by atoms with Crippen LogP contribution in [0.4, 0.5) is 4.79 Å². The number of hydrogen-bond donors (Lipinski definition) is 1. The average Bonchev–Trinajstić information content (AvgIpc) is 2.52. The SMILES string of the molecule is N=[N+]=CC(=O)[C@@H]1CCCN1C(=O)[O-]. The third-order valence-electron chi connectivity index (χ3n) is 2.01. The van der Waals surface area contributed by atoms with Crippen molar-refractivity contribution in [3.05, 3.63) is 0 Å². The van der Waals surface area contributed by atoms with Crippen molar-refractivity contribution < 1.29 is 19.5 Å². The van der Waals surface area contributed by atoms with Crippen LogP contribution in [0.25, 0.3) is 0 Å². The van der Waals surface area contributed by atoms with Gasteiger partial charge < -0.3 is 14.8 Å². The van der Waals surface area contributed by atoms with Gasteiger partial charge >= 0.3 is 6.21 Å². The molecule has 0 aromatic heterocycles. The summed E-state index contributed by atoms with van der Waals surface area (Å²) < 4.78 is 0. The summed E-state index contributed by atoms with van der Waals surface area (Å²) in [5, 5.41) is 10.5. The first-order valence-electron chi connectivity index (χ1n) is 3.88. The molecule has 13 heavy (non-hydrogen) atoms. The van der Waals surface area contributed by atoms with Crippen LogP contribution in [0.5, 0.6) is 0 Å². The Morgan fingerprint density at radius 1 is 1.62 bits per heavy atom. The molecular weight excluding hydrogens is 174 g/mol. The lowest BCUT2D eigenvalue weighted by molar-refractivity contribution is -0.266. The molecule has 6 heteroatoms. The molecular formula is C7H9N3O3. The first-order valence-corrected chi connectivity index (χ1v) is 3.88. The topological polar surface area (TPSA) is 98.4 Å². The van der Waals surface area contributed by atoms with Crippen molar-refractivity contribution in [2.45, 2.75) is 18.9 Å². The molecule has 1 fully saturated rings. The van der Waals surface area contributed by atoms with E-state index < -0.39 is 17.9 Å². The molecule has 0 saturated carbocycles. The fourth-order valence-electron chi connectivity index (χ4n) is 1.43. The van der Waals surface area contributed by atoms with Crippen molar-refractivity contribution in [2.75, 3.05) is 6.54 Å². The quantitative estimate of drug-likeness (QED) is 0.326. The summed E-state index contributed by atoms with van der Waals surface area (Å²) in [6.07, 6.45) is 0.621. The van der Waals surface area contributed by atoms with Crippen LogP contribution in [-0.2, 0) is 4.79 Å². The number of amides is 1. The van der Waals surface area contributed by atoms with E-state index in [4.69, 9.17) is 5.53 Å². The largest absolute Gasteiger partial charge is 0.530 e. The van der Waals surface area contributed by atoms with Gasteiger partial charge in [-0.3, -0.25) is 4.79 Å². The zero-order chi connectivity index (χ0) is 9.84. The molecule has 0 aromatic carbocycles. The van der Waals surface area contributed by atoms with Crippen LogP contribution in [0, 0.1) is 5.53 Å². The predicted octanol–water partition coefficient (Wildman–Crippen LogP) is -1.33. The van der Waals surface area contributed by atoms with Gasteiger partial charge in [0.05, 0.1) is 10.3 Å². The first kappa shape index (κ1) is 9.41. The lowest BCUT2D eigenvalue weighted by atomic mass is 10.1. The summed E-state index contributed by atoms with van der Waals surface area (Å²) in [5.41, 5.74) is 6.44. The van der Waals surface area contributed by atoms with E-state index in [9.17, 15) is 14.7 Å². The van der Waals surface area contributed by atoms with Crippen molar-refractivity contribution in [1.82, 2.24) is 4.90 Å². The minimum atomic E-state index is -1.34. The molecule has 6 nitrogen and oxygen atoms in total. The molecule has 0 radical (unpaired) electrons. The van der Waals surface area contributed by atoms with Gasteiger partial charge in [0.25, 0.3) is 5.78 Å². The number of nitrogens with one attached hydrogen (secondary N) is 1. The Morgan fingerprint density at radius 3 is 2.85 bits per heavy atom. The van der Waals surface area contributed by atoms with Crippen LogP contribution < -0.4 is 5.11 Å². The zero-order valence-corrected chi connectivity index (χ0v) is 6.90. The average molecular weight is 183 g/mol. The monoisotopic (exact) mass is 183 g/mol. The Morgan fingerprint density at radius 2 is 2.31 bits per heavy atom. The fourth-order valence-corrected chi connectivity index (χ4v) is 1.43. The van der Waals surface area contributed by atoms with E-state index in [0.29, 0.717) is 19.4 Å². The highest BCUT2D eigenvalue weighted by Gasteiger charge is 2.31. The van der Waals surface area contributed by atoms with Crippen molar-refractivity contribution in [3.63, 3.8) is 0 Å². The van der Waals surface area contributed by atoms with Crippen LogP contribution in [0.3, 0.4) is 0 Å². The van der Waals surface area contributed by atoms with Gasteiger partial charge in [-0.05, 0) is 12.8 Å². The highest BCUT2D eigenvalue weighted by Crippen LogP contribution is 2.16. The Bertz CT molecular complexity index is 283. The minimum absolute atomic E-state index is 0.324. The number of likely N-dealkylation sites (tertiary alicyclic amines) is 1. The fraction of sp³-hybridized carbons (Fsp3) is 0.571. The summed E-state index contributed by atoms with van der Waals surface area (Å²) in [4.78, 5) is 25.4. The zero-order valence-electron chi connectivity index (χ0n) is 6.90. The van der Waals surface area contributed by atoms with Gasteiger partial charge in [0.15, 0.2) is 0 Å². The summed E-state index contributed by atoms with van der Waals surface area (Å²) in [6, 6.07) is -0.695. The molecule has 1 N–H and O–H groups in total. The maximum atomic E-state index is 11.2. The number of carbonyl (C=O) groups excluding carboxylic acids is 2. The Hall–Kier alpha value is -1.68. The lowest BCUT2D eigenvalue weighted by Gasteiger charge is -2.23. The Balaban J connectivity index is 2.73. The highest BCUT2D eigenvalue weighted by atomic mass is 16.4. The molecule has 1 rings (SSSR count). The van der Waals surface area contributed by atoms with Crippen molar-refractivity contribution in [2.24, 2.45) is 0 Å². The van der Waals surface area contributed by atoms with E-state index in [1.54, 1.807) is 0 Å². The van der Waals surface area contributed by atoms with Crippen molar-refractivity contribution in [1.29, 1.82) is 5.53 Å². The smallest absolute Gasteiger partial charge is 0.374 e. The number of Topliss-reactive ketones (excluding diaryl/α,β-unsaturated/α-hetero) is 1. The van der Waals surface area contributed by atoms with E-state index in [1.165, 1.54) is 0 Å². The molecule has 1 aliphatic heterocycles. The molecule has 0 aliphatic carbocycles. The number of carboxylic acid groups (broad SMARTS) is 1. The van der Waals surface area contributed by atoms with Crippen LogP contribution in [0.15, 0.2) is 0 Å². The normalized spacial score (nSPS) is 20.9. The van der Waals surface area contributed by atoms with Gasteiger partial charge in [-0.1, -0.05) is 0 Å². The molecule has 1 saturated heterocycles. The second-order valence-corrected chi connectivity index (χ2v) is 2.78. The Labute approximate surface area is 74.4 Å². The first-order chi connectivity index (χ1) is 6.16. The van der Waals surface area contributed by atoms with E-state index >= 15 is 0 Å². The van der Waals surface area contributed by atoms with Crippen molar-refractivity contribution >= 4 is 18.1 Å². The van der Waals surface area contributed by atoms with E-state index in [-0.39, 0.29) is 0 Å². The number of hydrogen-bond acceptors (Lipinski definition) is 4. The maximum absolute atomic E-state index is 11.2. The minimum Gasteiger partial charge on any atom is -0.530 e.